The molecule has 1 aliphatic heterocycles. The summed E-state index contributed by atoms with van der Waals surface area (Å²) in [5.41, 5.74) is 6.31. The first-order chi connectivity index (χ1) is 13.0. The average molecular weight is 413 g/mol. The number of hydrogen-bond acceptors (Lipinski definition) is 3. The number of aliphatic hydroxyl groups is 1. The highest BCUT2D eigenvalue weighted by Crippen LogP contribution is 2.45. The van der Waals surface area contributed by atoms with Crippen molar-refractivity contribution in [1.29, 1.82) is 0 Å². The first-order valence-corrected chi connectivity index (χ1v) is 11.5. The van der Waals surface area contributed by atoms with Crippen LogP contribution in [0, 0.1) is 5.92 Å². The van der Waals surface area contributed by atoms with Gasteiger partial charge in [0, 0.05) is 0 Å². The summed E-state index contributed by atoms with van der Waals surface area (Å²) in [6, 6.07) is 3.67. The maximum atomic E-state index is 11.9. The van der Waals surface area contributed by atoms with E-state index in [0.717, 1.165) is 37.8 Å². The summed E-state index contributed by atoms with van der Waals surface area (Å²) in [5.74, 6) is 0.270. The van der Waals surface area contributed by atoms with Crippen LogP contribution in [0.15, 0.2) is 12.1 Å². The number of benzene rings is 1. The van der Waals surface area contributed by atoms with Crippen LogP contribution in [-0.4, -0.2) is 29.6 Å². The molecule has 1 atom stereocenters. The molecule has 0 spiro atoms. The molecule has 3 N–H and O–H groups in total. The SMILES string of the molecule is Nc1c(Cl)cc(C(O)(CCCN2CCCCCC2)C2CCCCC2)cc1Cl. The van der Waals surface area contributed by atoms with Crippen molar-refractivity contribution in [3.8, 4) is 0 Å². The van der Waals surface area contributed by atoms with E-state index in [9.17, 15) is 5.11 Å². The molecule has 1 saturated carbocycles. The molecule has 0 amide bonds. The summed E-state index contributed by atoms with van der Waals surface area (Å²) in [6.07, 6.45) is 12.8. The van der Waals surface area contributed by atoms with Gasteiger partial charge in [-0.3, -0.25) is 0 Å². The fourth-order valence-electron chi connectivity index (χ4n) is 4.93. The van der Waals surface area contributed by atoms with E-state index < -0.39 is 5.60 Å². The van der Waals surface area contributed by atoms with Crippen LogP contribution in [0.2, 0.25) is 10.0 Å². The standard InChI is InChI=1S/C22H34Cl2N2O/c23-19-15-18(16-20(24)21(19)25)22(27,17-9-4-3-5-10-17)11-8-14-26-12-6-1-2-7-13-26/h15-17,27H,1-14,25H2. The van der Waals surface area contributed by atoms with Gasteiger partial charge in [0.2, 0.25) is 0 Å². The van der Waals surface area contributed by atoms with E-state index in [1.807, 2.05) is 12.1 Å². The molecular formula is C22H34Cl2N2O. The molecule has 1 unspecified atom stereocenters. The van der Waals surface area contributed by atoms with Gasteiger partial charge in [-0.25, -0.2) is 0 Å². The third kappa shape index (κ3) is 5.32. The van der Waals surface area contributed by atoms with Gasteiger partial charge < -0.3 is 15.7 Å². The average Bonchev–Trinajstić information content (AvgIpc) is 2.95. The van der Waals surface area contributed by atoms with Gasteiger partial charge in [-0.1, -0.05) is 55.3 Å². The molecule has 1 aliphatic carbocycles. The zero-order valence-electron chi connectivity index (χ0n) is 16.4. The molecule has 0 aromatic heterocycles. The topological polar surface area (TPSA) is 49.5 Å². The van der Waals surface area contributed by atoms with E-state index in [2.05, 4.69) is 4.90 Å². The fourth-order valence-corrected chi connectivity index (χ4v) is 5.42. The molecule has 3 rings (SSSR count). The molecule has 1 aromatic rings. The largest absolute Gasteiger partial charge is 0.396 e. The zero-order chi connectivity index (χ0) is 19.3. The molecule has 2 aliphatic rings. The van der Waals surface area contributed by atoms with Crippen molar-refractivity contribution in [1.82, 2.24) is 4.90 Å². The molecule has 1 saturated heterocycles. The number of nitrogens with zero attached hydrogens (tertiary/aromatic N) is 1. The quantitative estimate of drug-likeness (QED) is 0.563. The molecule has 1 heterocycles. The molecule has 0 bridgehead atoms. The van der Waals surface area contributed by atoms with E-state index in [-0.39, 0.29) is 5.92 Å². The molecule has 2 fully saturated rings. The number of anilines is 1. The normalized spacial score (nSPS) is 22.3. The Hall–Kier alpha value is -0.480. The van der Waals surface area contributed by atoms with Gasteiger partial charge in [0.15, 0.2) is 0 Å². The summed E-state index contributed by atoms with van der Waals surface area (Å²) in [6.45, 7) is 3.45. The minimum absolute atomic E-state index is 0.270. The molecule has 3 nitrogen and oxygen atoms in total. The molecule has 1 aromatic carbocycles. The highest BCUT2D eigenvalue weighted by atomic mass is 35.5. The second-order valence-electron chi connectivity index (χ2n) is 8.47. The third-order valence-electron chi connectivity index (χ3n) is 6.59. The summed E-state index contributed by atoms with van der Waals surface area (Å²) in [4.78, 5) is 2.57. The van der Waals surface area contributed by atoms with Crippen molar-refractivity contribution in [2.24, 2.45) is 5.92 Å². The predicted molar refractivity (Wildman–Crippen MR) is 115 cm³/mol. The predicted octanol–water partition coefficient (Wildman–Crippen LogP) is 6.00. The van der Waals surface area contributed by atoms with Crippen molar-refractivity contribution in [2.45, 2.75) is 76.2 Å². The van der Waals surface area contributed by atoms with Crippen LogP contribution in [0.1, 0.15) is 76.2 Å². The fraction of sp³-hybridized carbons (Fsp3) is 0.727. The number of nitrogens with two attached hydrogens (primary N) is 1. The number of hydrogen-bond donors (Lipinski definition) is 2. The van der Waals surface area contributed by atoms with E-state index in [4.69, 9.17) is 28.9 Å². The van der Waals surface area contributed by atoms with Gasteiger partial charge in [0.05, 0.1) is 21.3 Å². The molecular weight excluding hydrogens is 379 g/mol. The maximum Gasteiger partial charge on any atom is 0.0926 e. The lowest BCUT2D eigenvalue weighted by atomic mass is 9.71. The minimum atomic E-state index is -0.868. The van der Waals surface area contributed by atoms with Gasteiger partial charge in [0.25, 0.3) is 0 Å². The summed E-state index contributed by atoms with van der Waals surface area (Å²) < 4.78 is 0. The highest BCUT2D eigenvalue weighted by molar-refractivity contribution is 6.38. The number of likely N-dealkylation sites (tertiary alicyclic amines) is 1. The zero-order valence-corrected chi connectivity index (χ0v) is 17.9. The summed E-state index contributed by atoms with van der Waals surface area (Å²) in [7, 11) is 0. The van der Waals surface area contributed by atoms with Crippen molar-refractivity contribution in [3.63, 3.8) is 0 Å². The van der Waals surface area contributed by atoms with E-state index in [1.165, 1.54) is 58.0 Å². The Bertz CT molecular complexity index is 587. The minimum Gasteiger partial charge on any atom is -0.396 e. The molecule has 152 valence electrons. The highest BCUT2D eigenvalue weighted by Gasteiger charge is 2.39. The first-order valence-electron chi connectivity index (χ1n) is 10.7. The van der Waals surface area contributed by atoms with Gasteiger partial charge in [-0.05, 0) is 81.8 Å². The van der Waals surface area contributed by atoms with E-state index in [1.54, 1.807) is 0 Å². The maximum absolute atomic E-state index is 11.9. The Morgan fingerprint density at radius 3 is 2.11 bits per heavy atom. The van der Waals surface area contributed by atoms with Crippen LogP contribution in [-0.2, 0) is 5.60 Å². The van der Waals surface area contributed by atoms with Crippen LogP contribution in [0.25, 0.3) is 0 Å². The van der Waals surface area contributed by atoms with Gasteiger partial charge in [0.1, 0.15) is 0 Å². The summed E-state index contributed by atoms with van der Waals surface area (Å²) in [5, 5.41) is 12.7. The van der Waals surface area contributed by atoms with Crippen LogP contribution < -0.4 is 5.73 Å². The lowest BCUT2D eigenvalue weighted by Gasteiger charge is -2.40. The monoisotopic (exact) mass is 412 g/mol. The van der Waals surface area contributed by atoms with Crippen molar-refractivity contribution < 1.29 is 5.11 Å². The summed E-state index contributed by atoms with van der Waals surface area (Å²) >= 11 is 12.6. The van der Waals surface area contributed by atoms with Gasteiger partial charge in [-0.15, -0.1) is 0 Å². The Balaban J connectivity index is 1.75. The van der Waals surface area contributed by atoms with Crippen molar-refractivity contribution in [2.75, 3.05) is 25.4 Å². The van der Waals surface area contributed by atoms with Crippen LogP contribution in [0.4, 0.5) is 5.69 Å². The molecule has 5 heteroatoms. The smallest absolute Gasteiger partial charge is 0.0926 e. The Kier molecular flexibility index (Phi) is 7.73. The number of rotatable bonds is 6. The number of halogens is 2. The van der Waals surface area contributed by atoms with Crippen LogP contribution in [0.5, 0.6) is 0 Å². The van der Waals surface area contributed by atoms with Crippen LogP contribution in [0.3, 0.4) is 0 Å². The number of nitrogen functional groups attached to an aromatic ring is 1. The van der Waals surface area contributed by atoms with Crippen LogP contribution >= 0.6 is 23.2 Å². The van der Waals surface area contributed by atoms with E-state index in [0.29, 0.717) is 15.7 Å². The third-order valence-corrected chi connectivity index (χ3v) is 7.22. The Morgan fingerprint density at radius 1 is 0.963 bits per heavy atom. The van der Waals surface area contributed by atoms with Gasteiger partial charge in [-0.2, -0.15) is 0 Å². The second-order valence-corrected chi connectivity index (χ2v) is 9.29. The van der Waals surface area contributed by atoms with Crippen molar-refractivity contribution in [3.05, 3.63) is 27.7 Å². The lowest BCUT2D eigenvalue weighted by Crippen LogP contribution is -2.38. The first kappa shape index (κ1) is 21.2. The molecule has 27 heavy (non-hydrogen) atoms. The van der Waals surface area contributed by atoms with Gasteiger partial charge >= 0.3 is 0 Å². The second kappa shape index (κ2) is 9.82. The Labute approximate surface area is 174 Å². The van der Waals surface area contributed by atoms with Crippen molar-refractivity contribution >= 4 is 28.9 Å². The Morgan fingerprint density at radius 2 is 1.52 bits per heavy atom. The lowest BCUT2D eigenvalue weighted by molar-refractivity contribution is -0.0489. The van der Waals surface area contributed by atoms with E-state index >= 15 is 0 Å². The molecule has 0 radical (unpaired) electrons.